The van der Waals surface area contributed by atoms with Gasteiger partial charge in [-0.25, -0.2) is 0 Å². The quantitative estimate of drug-likeness (QED) is 0.728. The van der Waals surface area contributed by atoms with Crippen molar-refractivity contribution in [2.24, 2.45) is 0 Å². The van der Waals surface area contributed by atoms with Crippen LogP contribution in [0.15, 0.2) is 0 Å². The third-order valence-corrected chi connectivity index (χ3v) is 3.45. The Kier molecular flexibility index (Phi) is 9.35. The summed E-state index contributed by atoms with van der Waals surface area (Å²) in [6.07, 6.45) is 3.29. The number of amides is 1. The minimum absolute atomic E-state index is 0. The van der Waals surface area contributed by atoms with Gasteiger partial charge in [0.25, 0.3) is 0 Å². The van der Waals surface area contributed by atoms with Crippen LogP contribution in [0.1, 0.15) is 26.2 Å². The molecule has 0 atom stereocenters. The summed E-state index contributed by atoms with van der Waals surface area (Å²) in [7, 11) is 0. The average Bonchev–Trinajstić information content (AvgIpc) is 2.20. The Balaban J connectivity index is 0.00000196. The van der Waals surface area contributed by atoms with Gasteiger partial charge < -0.3 is 10.6 Å². The number of carbonyl (C=O) groups excluding carboxylic acids is 1. The molecule has 15 heavy (non-hydrogen) atoms. The molecule has 0 aromatic rings. The Morgan fingerprint density at radius 3 is 2.73 bits per heavy atom. The molecule has 0 bridgehead atoms. The topological polar surface area (TPSA) is 41.1 Å². The maximum absolute atomic E-state index is 11.4. The first kappa shape index (κ1) is 15.1. The number of hydrogen-bond acceptors (Lipinski definition) is 3. The predicted octanol–water partition coefficient (Wildman–Crippen LogP) is 1.42. The third kappa shape index (κ3) is 7.03. The first-order chi connectivity index (χ1) is 6.83. The fraction of sp³-hybridized carbons (Fsp3) is 0.900. The van der Waals surface area contributed by atoms with Gasteiger partial charge in [0.05, 0.1) is 5.75 Å². The Labute approximate surface area is 103 Å². The van der Waals surface area contributed by atoms with E-state index in [9.17, 15) is 4.79 Å². The fourth-order valence-corrected chi connectivity index (χ4v) is 2.25. The highest BCUT2D eigenvalue weighted by Gasteiger charge is 2.14. The van der Waals surface area contributed by atoms with Crippen LogP contribution >= 0.6 is 24.2 Å². The van der Waals surface area contributed by atoms with Gasteiger partial charge in [0.2, 0.25) is 5.91 Å². The van der Waals surface area contributed by atoms with Crippen molar-refractivity contribution >= 4 is 30.1 Å². The molecule has 2 N–H and O–H groups in total. The normalized spacial score (nSPS) is 16.9. The molecule has 1 rings (SSSR count). The van der Waals surface area contributed by atoms with Crippen LogP contribution in [0, 0.1) is 0 Å². The molecule has 1 aliphatic rings. The van der Waals surface area contributed by atoms with Crippen LogP contribution in [0.4, 0.5) is 0 Å². The lowest BCUT2D eigenvalue weighted by Crippen LogP contribution is -2.43. The summed E-state index contributed by atoms with van der Waals surface area (Å²) in [5.74, 6) is 1.91. The Bertz CT molecular complexity index is 175. The summed E-state index contributed by atoms with van der Waals surface area (Å²) >= 11 is 1.72. The molecule has 3 nitrogen and oxygen atoms in total. The van der Waals surface area contributed by atoms with Crippen molar-refractivity contribution < 1.29 is 4.79 Å². The number of rotatable bonds is 5. The van der Waals surface area contributed by atoms with Gasteiger partial charge in [-0.05, 0) is 38.1 Å². The fourth-order valence-electron chi connectivity index (χ4n) is 1.54. The maximum Gasteiger partial charge on any atom is 0.230 e. The van der Waals surface area contributed by atoms with Crippen LogP contribution in [0.25, 0.3) is 0 Å². The molecule has 1 amide bonds. The zero-order chi connectivity index (χ0) is 10.2. The Hall–Kier alpha value is 0.0700. The van der Waals surface area contributed by atoms with E-state index in [0.717, 1.165) is 38.1 Å². The van der Waals surface area contributed by atoms with Gasteiger partial charge >= 0.3 is 0 Å². The van der Waals surface area contributed by atoms with Gasteiger partial charge in [0.15, 0.2) is 0 Å². The molecule has 1 heterocycles. The molecule has 0 aromatic heterocycles. The average molecular weight is 253 g/mol. The number of piperidine rings is 1. The summed E-state index contributed by atoms with van der Waals surface area (Å²) in [6, 6.07) is 0.408. The predicted molar refractivity (Wildman–Crippen MR) is 68.9 cm³/mol. The summed E-state index contributed by atoms with van der Waals surface area (Å²) in [5, 5.41) is 6.36. The van der Waals surface area contributed by atoms with Gasteiger partial charge in [-0.15, -0.1) is 12.4 Å². The molecule has 0 unspecified atom stereocenters. The van der Waals surface area contributed by atoms with Gasteiger partial charge in [0, 0.05) is 6.04 Å². The monoisotopic (exact) mass is 252 g/mol. The molecule has 0 spiro atoms. The highest BCUT2D eigenvalue weighted by molar-refractivity contribution is 7.99. The lowest BCUT2D eigenvalue weighted by Gasteiger charge is -2.23. The smallest absolute Gasteiger partial charge is 0.230 e. The zero-order valence-corrected chi connectivity index (χ0v) is 10.9. The molecular weight excluding hydrogens is 232 g/mol. The van der Waals surface area contributed by atoms with E-state index in [4.69, 9.17) is 0 Å². The van der Waals surface area contributed by atoms with Gasteiger partial charge in [-0.1, -0.05) is 6.92 Å². The number of thioether (sulfide) groups is 1. The second-order valence-electron chi connectivity index (χ2n) is 3.64. The van der Waals surface area contributed by atoms with Crippen molar-refractivity contribution in [1.29, 1.82) is 0 Å². The van der Waals surface area contributed by atoms with Crippen molar-refractivity contribution in [2.45, 2.75) is 32.2 Å². The molecule has 1 aliphatic heterocycles. The molecule has 5 heteroatoms. The van der Waals surface area contributed by atoms with E-state index in [1.165, 1.54) is 0 Å². The van der Waals surface area contributed by atoms with Crippen LogP contribution < -0.4 is 10.6 Å². The van der Waals surface area contributed by atoms with Crippen LogP contribution in [0.2, 0.25) is 0 Å². The standard InChI is InChI=1S/C10H20N2OS.ClH/c1-2-7-14-8-10(13)12-9-3-5-11-6-4-9;/h9,11H,2-8H2,1H3,(H,12,13);1H. The largest absolute Gasteiger partial charge is 0.353 e. The molecule has 1 saturated heterocycles. The lowest BCUT2D eigenvalue weighted by atomic mass is 10.1. The number of halogens is 1. The summed E-state index contributed by atoms with van der Waals surface area (Å²) in [6.45, 7) is 4.21. The highest BCUT2D eigenvalue weighted by Crippen LogP contribution is 2.04. The summed E-state index contributed by atoms with van der Waals surface area (Å²) < 4.78 is 0. The van der Waals surface area contributed by atoms with E-state index >= 15 is 0 Å². The molecule has 1 fully saturated rings. The Morgan fingerprint density at radius 1 is 1.47 bits per heavy atom. The minimum Gasteiger partial charge on any atom is -0.353 e. The van der Waals surface area contributed by atoms with Crippen molar-refractivity contribution in [3.63, 3.8) is 0 Å². The van der Waals surface area contributed by atoms with Crippen LogP contribution in [-0.2, 0) is 4.79 Å². The number of carbonyl (C=O) groups is 1. The number of hydrogen-bond donors (Lipinski definition) is 2. The molecule has 90 valence electrons. The van der Waals surface area contributed by atoms with Crippen LogP contribution in [-0.4, -0.2) is 36.5 Å². The van der Waals surface area contributed by atoms with Crippen LogP contribution in [0.5, 0.6) is 0 Å². The second kappa shape index (κ2) is 9.31. The molecule has 0 aliphatic carbocycles. The van der Waals surface area contributed by atoms with Crippen molar-refractivity contribution in [3.8, 4) is 0 Å². The molecule has 0 saturated carbocycles. The molecule has 0 radical (unpaired) electrons. The van der Waals surface area contributed by atoms with Crippen molar-refractivity contribution in [3.05, 3.63) is 0 Å². The maximum atomic E-state index is 11.4. The van der Waals surface area contributed by atoms with E-state index in [1.807, 2.05) is 0 Å². The Morgan fingerprint density at radius 2 is 2.13 bits per heavy atom. The lowest BCUT2D eigenvalue weighted by molar-refractivity contribution is -0.119. The SMILES string of the molecule is CCCSCC(=O)NC1CCNCC1.Cl. The second-order valence-corrected chi connectivity index (χ2v) is 4.75. The number of nitrogens with one attached hydrogen (secondary N) is 2. The molecular formula is C10H21ClN2OS. The van der Waals surface area contributed by atoms with Gasteiger partial charge in [-0.3, -0.25) is 4.79 Å². The van der Waals surface area contributed by atoms with Crippen molar-refractivity contribution in [1.82, 2.24) is 10.6 Å². The molecule has 0 aromatic carbocycles. The van der Waals surface area contributed by atoms with Crippen LogP contribution in [0.3, 0.4) is 0 Å². The van der Waals surface area contributed by atoms with E-state index in [0.29, 0.717) is 11.8 Å². The summed E-state index contributed by atoms with van der Waals surface area (Å²) in [5.41, 5.74) is 0. The summed E-state index contributed by atoms with van der Waals surface area (Å²) in [4.78, 5) is 11.4. The minimum atomic E-state index is 0. The zero-order valence-electron chi connectivity index (χ0n) is 9.25. The van der Waals surface area contributed by atoms with Gasteiger partial charge in [-0.2, -0.15) is 11.8 Å². The first-order valence-electron chi connectivity index (χ1n) is 5.40. The van der Waals surface area contributed by atoms with E-state index in [-0.39, 0.29) is 18.3 Å². The highest BCUT2D eigenvalue weighted by atomic mass is 35.5. The van der Waals surface area contributed by atoms with E-state index < -0.39 is 0 Å². The van der Waals surface area contributed by atoms with E-state index in [2.05, 4.69) is 17.6 Å². The third-order valence-electron chi connectivity index (χ3n) is 2.29. The van der Waals surface area contributed by atoms with Crippen molar-refractivity contribution in [2.75, 3.05) is 24.6 Å². The first-order valence-corrected chi connectivity index (χ1v) is 6.56. The van der Waals surface area contributed by atoms with E-state index in [1.54, 1.807) is 11.8 Å². The van der Waals surface area contributed by atoms with Gasteiger partial charge in [0.1, 0.15) is 0 Å².